The van der Waals surface area contributed by atoms with Crippen LogP contribution >= 0.6 is 24.0 Å². The third kappa shape index (κ3) is 5.48. The van der Waals surface area contributed by atoms with Crippen LogP contribution in [0.15, 0.2) is 35.3 Å². The summed E-state index contributed by atoms with van der Waals surface area (Å²) in [7, 11) is 1.84. The number of rotatable bonds is 7. The van der Waals surface area contributed by atoms with E-state index in [2.05, 4.69) is 57.8 Å². The number of nitrogens with one attached hydrogen (secondary N) is 2. The summed E-state index contributed by atoms with van der Waals surface area (Å²) in [6, 6.07) is 11.0. The summed E-state index contributed by atoms with van der Waals surface area (Å²) in [5.74, 6) is 0.902. The minimum atomic E-state index is 0. The lowest BCUT2D eigenvalue weighted by Crippen LogP contribution is -2.47. The summed E-state index contributed by atoms with van der Waals surface area (Å²) in [5, 5.41) is 6.97. The highest BCUT2D eigenvalue weighted by Crippen LogP contribution is 2.34. The van der Waals surface area contributed by atoms with Gasteiger partial charge in [0.25, 0.3) is 0 Å². The Morgan fingerprint density at radius 1 is 1.28 bits per heavy atom. The molecule has 25 heavy (non-hydrogen) atoms. The molecule has 0 saturated carbocycles. The SMILES string of the molecule is CCN(CCCNC(=NC)NC1CC2CCC1O2)c1ccccc1.I. The van der Waals surface area contributed by atoms with E-state index in [1.165, 1.54) is 18.5 Å². The first-order chi connectivity index (χ1) is 11.8. The van der Waals surface area contributed by atoms with Gasteiger partial charge in [-0.05, 0) is 44.7 Å². The second kappa shape index (κ2) is 10.2. The van der Waals surface area contributed by atoms with Crippen LogP contribution in [0.25, 0.3) is 0 Å². The molecule has 2 fully saturated rings. The third-order valence-corrected chi connectivity index (χ3v) is 5.05. The Balaban J connectivity index is 0.00000225. The zero-order valence-electron chi connectivity index (χ0n) is 15.3. The Hall–Kier alpha value is -1.02. The fourth-order valence-electron chi connectivity index (χ4n) is 3.75. The maximum Gasteiger partial charge on any atom is 0.191 e. The predicted molar refractivity (Wildman–Crippen MR) is 115 cm³/mol. The average Bonchev–Trinajstić information content (AvgIpc) is 3.24. The normalized spacial score (nSPS) is 24.7. The lowest BCUT2D eigenvalue weighted by Gasteiger charge is -2.24. The van der Waals surface area contributed by atoms with E-state index < -0.39 is 0 Å². The van der Waals surface area contributed by atoms with Crippen LogP contribution in [-0.4, -0.2) is 50.9 Å². The predicted octanol–water partition coefficient (Wildman–Crippen LogP) is 3.01. The second-order valence-electron chi connectivity index (χ2n) is 6.63. The fourth-order valence-corrected chi connectivity index (χ4v) is 3.75. The molecule has 0 spiro atoms. The van der Waals surface area contributed by atoms with Crippen molar-refractivity contribution in [3.8, 4) is 0 Å². The molecule has 1 aromatic rings. The number of halogens is 1. The molecular formula is C19H31IN4O. The fraction of sp³-hybridized carbons (Fsp3) is 0.632. The van der Waals surface area contributed by atoms with Gasteiger partial charge in [0.2, 0.25) is 0 Å². The van der Waals surface area contributed by atoms with Gasteiger partial charge in [-0.25, -0.2) is 0 Å². The van der Waals surface area contributed by atoms with Crippen LogP contribution in [0.1, 0.15) is 32.6 Å². The third-order valence-electron chi connectivity index (χ3n) is 5.05. The van der Waals surface area contributed by atoms with Crippen molar-refractivity contribution in [1.82, 2.24) is 10.6 Å². The number of ether oxygens (including phenoxy) is 1. The lowest BCUT2D eigenvalue weighted by molar-refractivity contribution is 0.0992. The van der Waals surface area contributed by atoms with Gasteiger partial charge < -0.3 is 20.3 Å². The summed E-state index contributed by atoms with van der Waals surface area (Å²) in [5.41, 5.74) is 1.29. The lowest BCUT2D eigenvalue weighted by atomic mass is 9.96. The van der Waals surface area contributed by atoms with Gasteiger partial charge in [-0.1, -0.05) is 18.2 Å². The number of para-hydroxylation sites is 1. The van der Waals surface area contributed by atoms with Crippen LogP contribution in [0.3, 0.4) is 0 Å². The van der Waals surface area contributed by atoms with Crippen LogP contribution in [0.5, 0.6) is 0 Å². The maximum atomic E-state index is 5.90. The summed E-state index contributed by atoms with van der Waals surface area (Å²) in [6.07, 6.45) is 5.44. The first-order valence-corrected chi connectivity index (χ1v) is 9.22. The van der Waals surface area contributed by atoms with E-state index in [0.29, 0.717) is 18.2 Å². The minimum Gasteiger partial charge on any atom is -0.373 e. The topological polar surface area (TPSA) is 48.9 Å². The van der Waals surface area contributed by atoms with Gasteiger partial charge in [-0.2, -0.15) is 0 Å². The highest BCUT2D eigenvalue weighted by molar-refractivity contribution is 14.0. The van der Waals surface area contributed by atoms with Gasteiger partial charge in [0.1, 0.15) is 0 Å². The highest BCUT2D eigenvalue weighted by Gasteiger charge is 2.41. The van der Waals surface area contributed by atoms with Crippen molar-refractivity contribution in [2.24, 2.45) is 4.99 Å². The molecule has 2 aliphatic rings. The number of aliphatic imine (C=N–C) groups is 1. The molecule has 2 N–H and O–H groups in total. The van der Waals surface area contributed by atoms with Crippen molar-refractivity contribution >= 4 is 35.6 Å². The van der Waals surface area contributed by atoms with Crippen molar-refractivity contribution < 1.29 is 4.74 Å². The Morgan fingerprint density at radius 2 is 2.08 bits per heavy atom. The van der Waals surface area contributed by atoms with Crippen molar-refractivity contribution in [3.63, 3.8) is 0 Å². The number of fused-ring (bicyclic) bond motifs is 2. The average molecular weight is 458 g/mol. The number of hydrogen-bond donors (Lipinski definition) is 2. The van der Waals surface area contributed by atoms with Crippen LogP contribution in [0, 0.1) is 0 Å². The molecule has 0 aliphatic carbocycles. The number of nitrogens with zero attached hydrogens (tertiary/aromatic N) is 2. The smallest absolute Gasteiger partial charge is 0.191 e. The molecule has 6 heteroatoms. The number of guanidine groups is 1. The standard InChI is InChI=1S/C19H30N4O.HI/c1-3-23(15-8-5-4-6-9-15)13-7-12-21-19(20-2)22-17-14-16-10-11-18(17)24-16;/h4-6,8-9,16-18H,3,7,10-14H2,1-2H3,(H2,20,21,22);1H. The van der Waals surface area contributed by atoms with Crippen molar-refractivity contribution in [3.05, 3.63) is 30.3 Å². The van der Waals surface area contributed by atoms with E-state index in [1.54, 1.807) is 0 Å². The van der Waals surface area contributed by atoms with Gasteiger partial charge >= 0.3 is 0 Å². The molecule has 0 amide bonds. The number of hydrogen-bond acceptors (Lipinski definition) is 3. The Morgan fingerprint density at radius 3 is 2.68 bits per heavy atom. The van der Waals surface area contributed by atoms with Gasteiger partial charge in [-0.15, -0.1) is 24.0 Å². The zero-order valence-corrected chi connectivity index (χ0v) is 17.6. The molecule has 0 radical (unpaired) electrons. The Labute approximate surface area is 168 Å². The summed E-state index contributed by atoms with van der Waals surface area (Å²) in [4.78, 5) is 6.76. The Kier molecular flexibility index (Phi) is 8.29. The van der Waals surface area contributed by atoms with E-state index in [-0.39, 0.29) is 24.0 Å². The molecule has 0 aromatic heterocycles. The Bertz CT molecular complexity index is 539. The van der Waals surface area contributed by atoms with E-state index in [4.69, 9.17) is 4.74 Å². The van der Waals surface area contributed by atoms with E-state index in [1.807, 2.05) is 7.05 Å². The zero-order chi connectivity index (χ0) is 16.8. The molecule has 140 valence electrons. The molecule has 3 rings (SSSR count). The van der Waals surface area contributed by atoms with Crippen molar-refractivity contribution in [1.29, 1.82) is 0 Å². The highest BCUT2D eigenvalue weighted by atomic mass is 127. The van der Waals surface area contributed by atoms with Crippen LogP contribution in [0.2, 0.25) is 0 Å². The molecule has 1 aromatic carbocycles. The molecule has 2 saturated heterocycles. The molecule has 2 heterocycles. The van der Waals surface area contributed by atoms with Gasteiger partial charge in [0.15, 0.2) is 5.96 Å². The number of anilines is 1. The molecule has 2 bridgehead atoms. The molecule has 2 aliphatic heterocycles. The quantitative estimate of drug-likeness (QED) is 0.286. The monoisotopic (exact) mass is 458 g/mol. The van der Waals surface area contributed by atoms with Gasteiger partial charge in [0.05, 0.1) is 18.2 Å². The molecule has 3 atom stereocenters. The summed E-state index contributed by atoms with van der Waals surface area (Å²) < 4.78 is 5.90. The van der Waals surface area contributed by atoms with Crippen LogP contribution in [-0.2, 0) is 4.74 Å². The minimum absolute atomic E-state index is 0. The number of benzene rings is 1. The largest absolute Gasteiger partial charge is 0.373 e. The van der Waals surface area contributed by atoms with Crippen LogP contribution in [0.4, 0.5) is 5.69 Å². The van der Waals surface area contributed by atoms with Crippen LogP contribution < -0.4 is 15.5 Å². The second-order valence-corrected chi connectivity index (χ2v) is 6.63. The van der Waals surface area contributed by atoms with E-state index >= 15 is 0 Å². The van der Waals surface area contributed by atoms with Crippen molar-refractivity contribution in [2.45, 2.75) is 50.9 Å². The first kappa shape index (κ1) is 20.3. The van der Waals surface area contributed by atoms with E-state index in [0.717, 1.165) is 38.4 Å². The maximum absolute atomic E-state index is 5.90. The van der Waals surface area contributed by atoms with Gasteiger partial charge in [0, 0.05) is 32.4 Å². The summed E-state index contributed by atoms with van der Waals surface area (Å²) in [6.45, 7) is 5.20. The van der Waals surface area contributed by atoms with E-state index in [9.17, 15) is 0 Å². The van der Waals surface area contributed by atoms with Crippen molar-refractivity contribution in [2.75, 3.05) is 31.6 Å². The molecule has 5 nitrogen and oxygen atoms in total. The summed E-state index contributed by atoms with van der Waals surface area (Å²) >= 11 is 0. The van der Waals surface area contributed by atoms with Gasteiger partial charge in [-0.3, -0.25) is 4.99 Å². The molecule has 3 unspecified atom stereocenters. The first-order valence-electron chi connectivity index (χ1n) is 9.22. The molecular weight excluding hydrogens is 427 g/mol.